The summed E-state index contributed by atoms with van der Waals surface area (Å²) in [5, 5.41) is 0. The van der Waals surface area contributed by atoms with E-state index in [0.29, 0.717) is 0 Å². The van der Waals surface area contributed by atoms with Gasteiger partial charge in [0.05, 0.1) is 0 Å². The highest BCUT2D eigenvalue weighted by Crippen LogP contribution is 2.04. The fraction of sp³-hybridized carbons (Fsp3) is 0.800. The highest BCUT2D eigenvalue weighted by molar-refractivity contribution is 8.23. The minimum absolute atomic E-state index is 1.04. The predicted molar refractivity (Wildman–Crippen MR) is 41.0 cm³/mol. The Hall–Kier alpha value is 0.440. The number of thioether (sulfide) groups is 1. The lowest BCUT2D eigenvalue weighted by Gasteiger charge is -1.91. The zero-order valence-corrected chi connectivity index (χ0v) is 6.36. The van der Waals surface area contributed by atoms with Crippen LogP contribution in [0.4, 0.5) is 0 Å². The summed E-state index contributed by atoms with van der Waals surface area (Å²) in [5.41, 5.74) is 0. The molecule has 0 amide bonds. The Morgan fingerprint density at radius 1 is 1.57 bits per heavy atom. The number of hydrogen-bond donors (Lipinski definition) is 0. The van der Waals surface area contributed by atoms with Crippen LogP contribution in [0.2, 0.25) is 0 Å². The molecule has 0 bridgehead atoms. The third-order valence-electron chi connectivity index (χ3n) is 0.594. The number of thiocarbonyl (C=S) groups is 1. The molecule has 0 aliphatic heterocycles. The maximum absolute atomic E-state index is 4.92. The summed E-state index contributed by atoms with van der Waals surface area (Å²) in [6, 6.07) is 0. The third kappa shape index (κ3) is 4.29. The molecule has 2 heteroatoms. The Bertz CT molecular complexity index is 59.1. The molecule has 0 rings (SSSR count). The Morgan fingerprint density at radius 3 is 2.29 bits per heavy atom. The van der Waals surface area contributed by atoms with Gasteiger partial charge in [-0.25, -0.2) is 0 Å². The molecule has 0 saturated heterocycles. The summed E-state index contributed by atoms with van der Waals surface area (Å²) in [6.45, 7) is 4.21. The van der Waals surface area contributed by atoms with Gasteiger partial charge in [0, 0.05) is 4.20 Å². The maximum atomic E-state index is 4.92. The number of hydrogen-bond acceptors (Lipinski definition) is 2. The van der Waals surface area contributed by atoms with Gasteiger partial charge >= 0.3 is 0 Å². The van der Waals surface area contributed by atoms with Crippen LogP contribution in [0.5, 0.6) is 0 Å². The van der Waals surface area contributed by atoms with Crippen molar-refractivity contribution in [2.45, 2.75) is 20.3 Å². The molecule has 0 aliphatic carbocycles. The zero-order chi connectivity index (χ0) is 5.70. The van der Waals surface area contributed by atoms with Crippen LogP contribution in [0.15, 0.2) is 0 Å². The molecule has 0 N–H and O–H groups in total. The van der Waals surface area contributed by atoms with Crippen molar-refractivity contribution >= 4 is 28.2 Å². The molecule has 0 aromatic heterocycles. The SMILES string of the molecule is CCSC(=S)CC. The first-order valence-electron chi connectivity index (χ1n) is 2.46. The van der Waals surface area contributed by atoms with Gasteiger partial charge in [-0.15, -0.1) is 11.8 Å². The zero-order valence-electron chi connectivity index (χ0n) is 4.73. The summed E-state index contributed by atoms with van der Waals surface area (Å²) in [7, 11) is 0. The molecule has 0 fully saturated rings. The Morgan fingerprint density at radius 2 is 2.14 bits per heavy atom. The maximum Gasteiger partial charge on any atom is 0.0475 e. The second-order valence-corrected chi connectivity index (χ2v) is 3.27. The molecular formula is C5H10S2. The highest BCUT2D eigenvalue weighted by Gasteiger charge is 1.86. The van der Waals surface area contributed by atoms with Gasteiger partial charge in [-0.3, -0.25) is 0 Å². The van der Waals surface area contributed by atoms with E-state index in [1.807, 2.05) is 0 Å². The molecule has 0 aromatic carbocycles. The van der Waals surface area contributed by atoms with Crippen LogP contribution in [-0.2, 0) is 0 Å². The molecule has 0 nitrogen and oxygen atoms in total. The molecule has 0 spiro atoms. The average Bonchev–Trinajstić information content (AvgIpc) is 1.68. The molecule has 0 heterocycles. The third-order valence-corrected chi connectivity index (χ3v) is 2.14. The molecule has 0 saturated carbocycles. The lowest BCUT2D eigenvalue weighted by molar-refractivity contribution is 1.34. The first-order chi connectivity index (χ1) is 3.31. The predicted octanol–water partition coefficient (Wildman–Crippen LogP) is 2.48. The van der Waals surface area contributed by atoms with E-state index in [0.717, 1.165) is 16.4 Å². The van der Waals surface area contributed by atoms with Crippen molar-refractivity contribution < 1.29 is 0 Å². The van der Waals surface area contributed by atoms with Crippen LogP contribution in [0, 0.1) is 0 Å². The Labute approximate surface area is 54.7 Å². The summed E-state index contributed by atoms with van der Waals surface area (Å²) >= 11 is 6.68. The molecular weight excluding hydrogens is 124 g/mol. The van der Waals surface area contributed by atoms with Crippen LogP contribution in [0.3, 0.4) is 0 Å². The van der Waals surface area contributed by atoms with Crippen LogP contribution >= 0.6 is 24.0 Å². The molecule has 0 atom stereocenters. The first-order valence-corrected chi connectivity index (χ1v) is 3.86. The summed E-state index contributed by atoms with van der Waals surface area (Å²) in [6.07, 6.45) is 1.04. The van der Waals surface area contributed by atoms with E-state index >= 15 is 0 Å². The van der Waals surface area contributed by atoms with Crippen LogP contribution in [-0.4, -0.2) is 9.95 Å². The summed E-state index contributed by atoms with van der Waals surface area (Å²) < 4.78 is 1.13. The summed E-state index contributed by atoms with van der Waals surface area (Å²) in [5.74, 6) is 1.12. The van der Waals surface area contributed by atoms with Crippen molar-refractivity contribution in [1.82, 2.24) is 0 Å². The molecule has 0 unspecified atom stereocenters. The van der Waals surface area contributed by atoms with Crippen LogP contribution in [0.1, 0.15) is 20.3 Å². The van der Waals surface area contributed by atoms with E-state index in [9.17, 15) is 0 Å². The molecule has 7 heavy (non-hydrogen) atoms. The first kappa shape index (κ1) is 7.44. The lowest BCUT2D eigenvalue weighted by atomic mass is 10.6. The second-order valence-electron chi connectivity index (χ2n) is 1.16. The van der Waals surface area contributed by atoms with Gasteiger partial charge in [0.15, 0.2) is 0 Å². The van der Waals surface area contributed by atoms with Gasteiger partial charge in [-0.1, -0.05) is 26.1 Å². The monoisotopic (exact) mass is 134 g/mol. The highest BCUT2D eigenvalue weighted by atomic mass is 32.2. The van der Waals surface area contributed by atoms with Crippen molar-refractivity contribution in [2.75, 3.05) is 5.75 Å². The van der Waals surface area contributed by atoms with Crippen molar-refractivity contribution in [3.63, 3.8) is 0 Å². The van der Waals surface area contributed by atoms with Crippen LogP contribution in [0.25, 0.3) is 0 Å². The fourth-order valence-electron chi connectivity index (χ4n) is 0.263. The van der Waals surface area contributed by atoms with E-state index in [4.69, 9.17) is 12.2 Å². The van der Waals surface area contributed by atoms with Crippen LogP contribution < -0.4 is 0 Å². The minimum Gasteiger partial charge on any atom is -0.119 e. The minimum atomic E-state index is 1.04. The van der Waals surface area contributed by atoms with Crippen molar-refractivity contribution in [3.05, 3.63) is 0 Å². The molecule has 0 aliphatic rings. The van der Waals surface area contributed by atoms with Crippen molar-refractivity contribution in [1.29, 1.82) is 0 Å². The topological polar surface area (TPSA) is 0 Å². The van der Waals surface area contributed by atoms with E-state index in [-0.39, 0.29) is 0 Å². The summed E-state index contributed by atoms with van der Waals surface area (Å²) in [4.78, 5) is 0. The van der Waals surface area contributed by atoms with E-state index in [2.05, 4.69) is 13.8 Å². The molecule has 0 radical (unpaired) electrons. The molecule has 42 valence electrons. The fourth-order valence-corrected chi connectivity index (χ4v) is 1.14. The normalized spacial score (nSPS) is 8.86. The lowest BCUT2D eigenvalue weighted by Crippen LogP contribution is -1.81. The van der Waals surface area contributed by atoms with Gasteiger partial charge in [0.2, 0.25) is 0 Å². The molecule has 0 aromatic rings. The standard InChI is InChI=1S/C5H10S2/c1-3-5(6)7-4-2/h3-4H2,1-2H3. The van der Waals surface area contributed by atoms with Gasteiger partial charge in [-0.05, 0) is 12.2 Å². The van der Waals surface area contributed by atoms with E-state index in [1.54, 1.807) is 11.8 Å². The van der Waals surface area contributed by atoms with Crippen molar-refractivity contribution in [2.24, 2.45) is 0 Å². The average molecular weight is 134 g/mol. The Kier molecular flexibility index (Phi) is 4.88. The number of rotatable bonds is 2. The Balaban J connectivity index is 3.00. The van der Waals surface area contributed by atoms with Crippen molar-refractivity contribution in [3.8, 4) is 0 Å². The largest absolute Gasteiger partial charge is 0.119 e. The van der Waals surface area contributed by atoms with Gasteiger partial charge < -0.3 is 0 Å². The van der Waals surface area contributed by atoms with E-state index in [1.165, 1.54) is 0 Å². The van der Waals surface area contributed by atoms with E-state index < -0.39 is 0 Å². The second kappa shape index (κ2) is 4.60. The van der Waals surface area contributed by atoms with Gasteiger partial charge in [0.1, 0.15) is 0 Å². The van der Waals surface area contributed by atoms with Gasteiger partial charge in [0.25, 0.3) is 0 Å². The quantitative estimate of drug-likeness (QED) is 0.532. The van der Waals surface area contributed by atoms with Gasteiger partial charge in [-0.2, -0.15) is 0 Å². The smallest absolute Gasteiger partial charge is 0.0475 e.